The van der Waals surface area contributed by atoms with Gasteiger partial charge < -0.3 is 51.2 Å². The summed E-state index contributed by atoms with van der Waals surface area (Å²) in [4.78, 5) is 107. The van der Waals surface area contributed by atoms with Crippen LogP contribution in [-0.4, -0.2) is 125 Å². The minimum atomic E-state index is -2.37. The van der Waals surface area contributed by atoms with Crippen molar-refractivity contribution < 1.29 is 58.2 Å². The number of amides is 4. The lowest BCUT2D eigenvalue weighted by Gasteiger charge is -2.59. The van der Waals surface area contributed by atoms with Crippen LogP contribution >= 0.6 is 34.6 Å². The molecular formula is C27H30N10O12S3. The number of carboxylic acids is 2. The number of ether oxygens (including phenoxy) is 1. The van der Waals surface area contributed by atoms with Crippen molar-refractivity contribution in [3.63, 3.8) is 0 Å². The van der Waals surface area contributed by atoms with E-state index >= 15 is 0 Å². The first-order valence-corrected chi connectivity index (χ1v) is 17.2. The first-order valence-electron chi connectivity index (χ1n) is 14.5. The first-order chi connectivity index (χ1) is 24.4. The Labute approximate surface area is 305 Å². The number of hydrogen-bond donors (Lipinski definition) is 6. The molecule has 0 aromatic carbocycles. The Morgan fingerprint density at radius 3 is 2.35 bits per heavy atom. The van der Waals surface area contributed by atoms with Crippen molar-refractivity contribution in [1.29, 1.82) is 0 Å². The highest BCUT2D eigenvalue weighted by molar-refractivity contribution is 8.00. The predicted octanol–water partition coefficient (Wildman–Crippen LogP) is -1.19. The average molecular weight is 783 g/mol. The molecule has 2 aromatic rings. The molecule has 2 aliphatic heterocycles. The Kier molecular flexibility index (Phi) is 11.8. The Morgan fingerprint density at radius 2 is 1.77 bits per heavy atom. The Morgan fingerprint density at radius 1 is 1.12 bits per heavy atom. The molecule has 2 unspecified atom stereocenters. The molecule has 0 radical (unpaired) electrons. The molecule has 0 spiro atoms. The number of β-lactam (4-membered cyclic amide) rings is 1. The van der Waals surface area contributed by atoms with E-state index < -0.39 is 94.7 Å². The molecule has 3 atom stereocenters. The second-order valence-electron chi connectivity index (χ2n) is 11.6. The normalized spacial score (nSPS) is 21.5. The van der Waals surface area contributed by atoms with Gasteiger partial charge in [0.25, 0.3) is 17.7 Å². The van der Waals surface area contributed by atoms with Gasteiger partial charge in [0.1, 0.15) is 22.1 Å². The lowest BCUT2D eigenvalue weighted by molar-refractivity contribution is -0.168. The van der Waals surface area contributed by atoms with Gasteiger partial charge >= 0.3 is 17.9 Å². The number of nitrogens with one attached hydrogen (secondary N) is 3. The summed E-state index contributed by atoms with van der Waals surface area (Å²) in [7, 11) is 0. The number of anilines is 2. The first kappa shape index (κ1) is 39.1. The summed E-state index contributed by atoms with van der Waals surface area (Å²) in [5.41, 5.74) is -0.729. The van der Waals surface area contributed by atoms with Crippen LogP contribution in [0.1, 0.15) is 32.3 Å². The Hall–Kier alpha value is -5.69. The van der Waals surface area contributed by atoms with Crippen molar-refractivity contribution in [2.24, 2.45) is 15.7 Å². The van der Waals surface area contributed by atoms with Crippen LogP contribution < -0.4 is 21.7 Å². The number of thiazole rings is 1. The van der Waals surface area contributed by atoms with E-state index in [1.54, 1.807) is 20.8 Å². The maximum Gasteiger partial charge on any atom is 0.347 e. The van der Waals surface area contributed by atoms with Crippen molar-refractivity contribution in [2.75, 3.05) is 36.6 Å². The summed E-state index contributed by atoms with van der Waals surface area (Å²) >= 11 is 2.42. The molecule has 0 aliphatic carbocycles. The van der Waals surface area contributed by atoms with Gasteiger partial charge in [-0.05, 0) is 20.8 Å². The highest BCUT2D eigenvalue weighted by atomic mass is 32.2. The molecule has 0 saturated carbocycles. The summed E-state index contributed by atoms with van der Waals surface area (Å²) in [5.74, 6) is -7.58. The third-order valence-electron chi connectivity index (χ3n) is 6.76. The number of oxime groups is 2. The van der Waals surface area contributed by atoms with Gasteiger partial charge in [0, 0.05) is 29.2 Å². The van der Waals surface area contributed by atoms with Gasteiger partial charge in [-0.1, -0.05) is 16.4 Å². The predicted molar refractivity (Wildman–Crippen MR) is 182 cm³/mol. The monoisotopic (exact) mass is 782 g/mol. The summed E-state index contributed by atoms with van der Waals surface area (Å²) in [6, 6.07) is 0. The van der Waals surface area contributed by atoms with E-state index in [0.717, 1.165) is 28.0 Å². The molecule has 25 heteroatoms. The quantitative estimate of drug-likeness (QED) is 0.0222. The number of nitrogens with zero attached hydrogens (tertiary/aromatic N) is 6. The van der Waals surface area contributed by atoms with E-state index in [4.69, 9.17) is 25.3 Å². The maximum atomic E-state index is 14.0. The number of esters is 1. The van der Waals surface area contributed by atoms with Gasteiger partial charge in [-0.2, -0.15) is 9.36 Å². The van der Waals surface area contributed by atoms with Crippen LogP contribution in [0.25, 0.3) is 0 Å². The number of rotatable bonds is 16. The molecule has 2 fully saturated rings. The summed E-state index contributed by atoms with van der Waals surface area (Å²) in [6.07, 6.45) is 1.50. The molecule has 2 aliphatic rings. The smallest absolute Gasteiger partial charge is 0.347 e. The molecule has 7 N–H and O–H groups in total. The fourth-order valence-corrected chi connectivity index (χ4v) is 7.22. The summed E-state index contributed by atoms with van der Waals surface area (Å²) in [6.45, 7) is 6.29. The molecule has 52 heavy (non-hydrogen) atoms. The zero-order valence-corrected chi connectivity index (χ0v) is 29.8. The lowest BCUT2D eigenvalue weighted by atomic mass is 9.85. The van der Waals surface area contributed by atoms with E-state index in [9.17, 15) is 38.7 Å². The molecule has 4 amide bonds. The van der Waals surface area contributed by atoms with E-state index in [1.807, 2.05) is 0 Å². The van der Waals surface area contributed by atoms with Crippen molar-refractivity contribution in [1.82, 2.24) is 29.9 Å². The summed E-state index contributed by atoms with van der Waals surface area (Å²) < 4.78 is 9.06. The van der Waals surface area contributed by atoms with Crippen LogP contribution in [0.15, 0.2) is 28.3 Å². The largest absolute Gasteiger partial charge is 0.481 e. The van der Waals surface area contributed by atoms with E-state index in [1.165, 1.54) is 11.5 Å². The number of hydrogen-bond acceptors (Lipinski definition) is 19. The Bertz CT molecular complexity index is 1860. The van der Waals surface area contributed by atoms with Gasteiger partial charge in [-0.15, -0.1) is 29.7 Å². The standard InChI is InChI=1S/C27H30N10O12S3/c1-5-26(22(45)46)9-37-20(44)27(21(37)51-10-26,33-19(43)16(35-47-6-13(39)40)17-31-23(28)52-36-17)32-18(42)15(12-8-50-24(30-12)29-11-38)34-48-7-14(41)49-25(2,3)4/h5,8,11,21H,1,6-7,9-10H2,2-4H3,(H,32,42)(H,33,43)(H,39,40)(H,45,46)(H2,28,31,36)(H,29,30,38)/t21-,26?,27?/m1/s1. The van der Waals surface area contributed by atoms with Gasteiger partial charge in [0.2, 0.25) is 36.8 Å². The van der Waals surface area contributed by atoms with Crippen molar-refractivity contribution in [3.8, 4) is 0 Å². The van der Waals surface area contributed by atoms with E-state index in [2.05, 4.69) is 47.2 Å². The van der Waals surface area contributed by atoms with Crippen LogP contribution in [0.4, 0.5) is 10.3 Å². The third-order valence-corrected chi connectivity index (χ3v) is 9.68. The minimum absolute atomic E-state index is 0.0288. The topological polar surface area (TPSA) is 316 Å². The number of carbonyl (C=O) groups is 7. The van der Waals surface area contributed by atoms with Gasteiger partial charge in [0.05, 0.1) is 0 Å². The second kappa shape index (κ2) is 15.7. The molecular weight excluding hydrogens is 753 g/mol. The lowest BCUT2D eigenvalue weighted by Crippen LogP contribution is -2.87. The molecule has 0 bridgehead atoms. The number of carbonyl (C=O) groups excluding carboxylic acids is 5. The minimum Gasteiger partial charge on any atom is -0.481 e. The number of nitrogens with two attached hydrogens (primary N) is 1. The van der Waals surface area contributed by atoms with Crippen molar-refractivity contribution in [3.05, 3.63) is 29.6 Å². The molecule has 4 rings (SSSR count). The number of thioether (sulfide) groups is 1. The average Bonchev–Trinajstić information content (AvgIpc) is 3.71. The molecule has 2 aromatic heterocycles. The van der Waals surface area contributed by atoms with Crippen molar-refractivity contribution >= 4 is 98.4 Å². The second-order valence-corrected chi connectivity index (χ2v) is 14.4. The fraction of sp³-hybridized carbons (Fsp3) is 0.407. The molecule has 278 valence electrons. The highest BCUT2D eigenvalue weighted by Gasteiger charge is 2.67. The van der Waals surface area contributed by atoms with Gasteiger partial charge in [0.15, 0.2) is 16.0 Å². The van der Waals surface area contributed by atoms with Crippen LogP contribution in [0.5, 0.6) is 0 Å². The third kappa shape index (κ3) is 8.60. The zero-order chi connectivity index (χ0) is 38.4. The van der Waals surface area contributed by atoms with E-state index in [-0.39, 0.29) is 21.7 Å². The SMILES string of the molecule is C=CC1(C(=O)O)CS[C@H]2N(C1)C(=O)C2(NC(=O)C(=NOCC(=O)OC(C)(C)C)c1csc(NC=O)n1)NC(=O)C(=NOCC(=O)O)c1nsc(N)n1. The van der Waals surface area contributed by atoms with Gasteiger partial charge in [-0.3, -0.25) is 24.0 Å². The number of carboxylic acid groups (broad SMARTS) is 2. The number of nitrogen functional groups attached to an aromatic ring is 1. The van der Waals surface area contributed by atoms with Crippen LogP contribution in [0, 0.1) is 5.41 Å². The summed E-state index contributed by atoms with van der Waals surface area (Å²) in [5, 5.41) is 33.4. The fourth-order valence-electron chi connectivity index (χ4n) is 4.52. The molecule has 2 saturated heterocycles. The molecule has 22 nitrogen and oxygen atoms in total. The van der Waals surface area contributed by atoms with E-state index in [0.29, 0.717) is 17.9 Å². The Balaban J connectivity index is 1.74. The number of aliphatic carboxylic acids is 2. The van der Waals surface area contributed by atoms with Crippen LogP contribution in [0.3, 0.4) is 0 Å². The number of aromatic nitrogens is 3. The van der Waals surface area contributed by atoms with Crippen LogP contribution in [0.2, 0.25) is 0 Å². The van der Waals surface area contributed by atoms with Crippen molar-refractivity contribution in [2.45, 2.75) is 37.4 Å². The van der Waals surface area contributed by atoms with Crippen LogP contribution in [-0.2, 0) is 48.0 Å². The number of fused-ring (bicyclic) bond motifs is 1. The maximum absolute atomic E-state index is 14.0. The highest BCUT2D eigenvalue weighted by Crippen LogP contribution is 2.46. The van der Waals surface area contributed by atoms with Gasteiger partial charge in [-0.25, -0.2) is 14.6 Å². The molecule has 4 heterocycles. The zero-order valence-electron chi connectivity index (χ0n) is 27.3.